The zero-order chi connectivity index (χ0) is 15.8. The number of hydrogen-bond donors (Lipinski definition) is 3. The Morgan fingerprint density at radius 1 is 1.32 bits per heavy atom. The maximum Gasteiger partial charge on any atom is 0.313 e. The fraction of sp³-hybridized carbons (Fsp3) is 0.286. The van der Waals surface area contributed by atoms with Crippen molar-refractivity contribution in [2.45, 2.75) is 6.42 Å². The van der Waals surface area contributed by atoms with Crippen molar-refractivity contribution in [2.24, 2.45) is 0 Å². The summed E-state index contributed by atoms with van der Waals surface area (Å²) in [5.74, 6) is -1.46. The van der Waals surface area contributed by atoms with E-state index in [9.17, 15) is 9.59 Å². The number of amides is 2. The number of ether oxygens (including phenoxy) is 1. The van der Waals surface area contributed by atoms with E-state index in [0.29, 0.717) is 36.6 Å². The lowest BCUT2D eigenvalue weighted by atomic mass is 10.2. The van der Waals surface area contributed by atoms with Gasteiger partial charge >= 0.3 is 11.8 Å². The average molecular weight is 303 g/mol. The summed E-state index contributed by atoms with van der Waals surface area (Å²) in [6.45, 7) is 0.895. The molecule has 22 heavy (non-hydrogen) atoms. The van der Waals surface area contributed by atoms with Crippen LogP contribution in [0.5, 0.6) is 0 Å². The number of pyridine rings is 1. The molecular weight excluding hydrogens is 286 g/mol. The fourth-order valence-corrected chi connectivity index (χ4v) is 1.76. The Kier molecular flexibility index (Phi) is 5.61. The second-order valence-corrected chi connectivity index (χ2v) is 4.43. The third-order valence-corrected chi connectivity index (χ3v) is 2.83. The molecule has 0 atom stereocenters. The maximum atomic E-state index is 11.8. The third kappa shape index (κ3) is 4.13. The Labute approximate surface area is 127 Å². The molecule has 0 aliphatic carbocycles. The van der Waals surface area contributed by atoms with Crippen LogP contribution in [0.25, 0.3) is 11.4 Å². The molecule has 0 aliphatic heterocycles. The van der Waals surface area contributed by atoms with Crippen LogP contribution in [-0.2, 0) is 14.3 Å². The summed E-state index contributed by atoms with van der Waals surface area (Å²) in [5, 5.41) is 11.6. The number of anilines is 1. The van der Waals surface area contributed by atoms with Crippen molar-refractivity contribution in [3.05, 3.63) is 30.6 Å². The summed E-state index contributed by atoms with van der Waals surface area (Å²) in [6, 6.07) is 5.37. The largest absolute Gasteiger partial charge is 0.385 e. The van der Waals surface area contributed by atoms with Crippen LogP contribution in [0.2, 0.25) is 0 Å². The molecule has 0 unspecified atom stereocenters. The van der Waals surface area contributed by atoms with E-state index in [1.807, 2.05) is 6.07 Å². The smallest absolute Gasteiger partial charge is 0.313 e. The molecule has 2 amide bonds. The first-order chi connectivity index (χ1) is 10.7. The van der Waals surface area contributed by atoms with E-state index in [-0.39, 0.29) is 0 Å². The minimum absolute atomic E-state index is 0.374. The Morgan fingerprint density at radius 3 is 2.91 bits per heavy atom. The number of aromatic nitrogens is 3. The lowest BCUT2D eigenvalue weighted by molar-refractivity contribution is -0.136. The Morgan fingerprint density at radius 2 is 2.18 bits per heavy atom. The predicted molar refractivity (Wildman–Crippen MR) is 80.0 cm³/mol. The van der Waals surface area contributed by atoms with Crippen molar-refractivity contribution in [3.8, 4) is 11.4 Å². The van der Waals surface area contributed by atoms with E-state index in [2.05, 4.69) is 25.8 Å². The molecule has 2 heterocycles. The van der Waals surface area contributed by atoms with E-state index in [4.69, 9.17) is 4.74 Å². The topological polar surface area (TPSA) is 109 Å². The molecule has 116 valence electrons. The van der Waals surface area contributed by atoms with Gasteiger partial charge in [0.25, 0.3) is 0 Å². The van der Waals surface area contributed by atoms with E-state index >= 15 is 0 Å². The molecule has 8 heteroatoms. The highest BCUT2D eigenvalue weighted by molar-refractivity contribution is 6.39. The van der Waals surface area contributed by atoms with Crippen molar-refractivity contribution in [3.63, 3.8) is 0 Å². The SMILES string of the molecule is COCCCNC(=O)C(=O)Nc1cn[nH]c1-c1ccccn1. The van der Waals surface area contributed by atoms with E-state index in [1.165, 1.54) is 6.20 Å². The highest BCUT2D eigenvalue weighted by atomic mass is 16.5. The summed E-state index contributed by atoms with van der Waals surface area (Å²) in [4.78, 5) is 27.7. The molecule has 0 fully saturated rings. The highest BCUT2D eigenvalue weighted by Gasteiger charge is 2.17. The minimum atomic E-state index is -0.754. The van der Waals surface area contributed by atoms with Gasteiger partial charge in [-0.05, 0) is 18.6 Å². The van der Waals surface area contributed by atoms with Crippen molar-refractivity contribution in [2.75, 3.05) is 25.6 Å². The molecule has 0 spiro atoms. The highest BCUT2D eigenvalue weighted by Crippen LogP contribution is 2.22. The van der Waals surface area contributed by atoms with Crippen molar-refractivity contribution < 1.29 is 14.3 Å². The third-order valence-electron chi connectivity index (χ3n) is 2.83. The second-order valence-electron chi connectivity index (χ2n) is 4.43. The van der Waals surface area contributed by atoms with Crippen LogP contribution >= 0.6 is 0 Å². The molecule has 8 nitrogen and oxygen atoms in total. The molecule has 2 rings (SSSR count). The van der Waals surface area contributed by atoms with E-state index in [0.717, 1.165) is 0 Å². The molecule has 3 N–H and O–H groups in total. The maximum absolute atomic E-state index is 11.8. The minimum Gasteiger partial charge on any atom is -0.385 e. The van der Waals surface area contributed by atoms with Crippen LogP contribution in [0.4, 0.5) is 5.69 Å². The standard InChI is InChI=1S/C14H17N5O3/c1-22-8-4-7-16-13(20)14(21)18-11-9-17-19-12(11)10-5-2-3-6-15-10/h2-3,5-6,9H,4,7-8H2,1H3,(H,16,20)(H,17,19)(H,18,21). The summed E-state index contributed by atoms with van der Waals surface area (Å²) in [6.07, 6.45) is 3.70. The Bertz CT molecular complexity index is 626. The Hall–Kier alpha value is -2.74. The molecule has 0 aliphatic rings. The van der Waals surface area contributed by atoms with Gasteiger partial charge in [0.2, 0.25) is 0 Å². The van der Waals surface area contributed by atoms with Crippen molar-refractivity contribution >= 4 is 17.5 Å². The summed E-state index contributed by atoms with van der Waals surface area (Å²) < 4.78 is 4.86. The number of aromatic amines is 1. The second kappa shape index (κ2) is 7.89. The van der Waals surface area contributed by atoms with Gasteiger partial charge < -0.3 is 15.4 Å². The number of H-pyrrole nitrogens is 1. The predicted octanol–water partition coefficient (Wildman–Crippen LogP) is 0.563. The zero-order valence-electron chi connectivity index (χ0n) is 12.1. The molecule has 0 saturated carbocycles. The van der Waals surface area contributed by atoms with Crippen LogP contribution in [0.15, 0.2) is 30.6 Å². The van der Waals surface area contributed by atoms with E-state index in [1.54, 1.807) is 25.4 Å². The molecule has 0 saturated heterocycles. The number of carbonyl (C=O) groups excluding carboxylic acids is 2. The number of carbonyl (C=O) groups is 2. The molecular formula is C14H17N5O3. The molecule has 0 radical (unpaired) electrons. The van der Waals surface area contributed by atoms with Gasteiger partial charge in [-0.25, -0.2) is 0 Å². The summed E-state index contributed by atoms with van der Waals surface area (Å²) >= 11 is 0. The van der Waals surface area contributed by atoms with Crippen LogP contribution in [0.3, 0.4) is 0 Å². The van der Waals surface area contributed by atoms with Crippen LogP contribution in [0, 0.1) is 0 Å². The van der Waals surface area contributed by atoms with Gasteiger partial charge in [0.05, 0.1) is 17.6 Å². The van der Waals surface area contributed by atoms with Gasteiger partial charge in [0.1, 0.15) is 5.69 Å². The zero-order valence-corrected chi connectivity index (χ0v) is 12.1. The normalized spacial score (nSPS) is 10.2. The fourth-order valence-electron chi connectivity index (χ4n) is 1.76. The van der Waals surface area contributed by atoms with Gasteiger partial charge in [0.15, 0.2) is 0 Å². The quantitative estimate of drug-likeness (QED) is 0.534. The first-order valence-electron chi connectivity index (χ1n) is 6.75. The van der Waals surface area contributed by atoms with Gasteiger partial charge in [-0.1, -0.05) is 6.07 Å². The monoisotopic (exact) mass is 303 g/mol. The average Bonchev–Trinajstić information content (AvgIpc) is 3.00. The number of rotatable bonds is 6. The number of methoxy groups -OCH3 is 1. The van der Waals surface area contributed by atoms with Crippen molar-refractivity contribution in [1.82, 2.24) is 20.5 Å². The number of nitrogens with one attached hydrogen (secondary N) is 3. The first-order valence-corrected chi connectivity index (χ1v) is 6.75. The summed E-state index contributed by atoms with van der Waals surface area (Å²) in [5.41, 5.74) is 1.56. The summed E-state index contributed by atoms with van der Waals surface area (Å²) in [7, 11) is 1.58. The molecule has 0 aromatic carbocycles. The van der Waals surface area contributed by atoms with E-state index < -0.39 is 11.8 Å². The van der Waals surface area contributed by atoms with Gasteiger partial charge in [0, 0.05) is 26.5 Å². The number of nitrogens with zero attached hydrogens (tertiary/aromatic N) is 2. The van der Waals surface area contributed by atoms with Crippen LogP contribution < -0.4 is 10.6 Å². The Balaban J connectivity index is 1.95. The molecule has 2 aromatic heterocycles. The van der Waals surface area contributed by atoms with Crippen molar-refractivity contribution in [1.29, 1.82) is 0 Å². The molecule has 2 aromatic rings. The lowest BCUT2D eigenvalue weighted by Crippen LogP contribution is -2.36. The molecule has 0 bridgehead atoms. The van der Waals surface area contributed by atoms with Crippen LogP contribution in [-0.4, -0.2) is 47.3 Å². The van der Waals surface area contributed by atoms with Gasteiger partial charge in [-0.2, -0.15) is 5.10 Å². The first kappa shape index (κ1) is 15.6. The van der Waals surface area contributed by atoms with Crippen LogP contribution in [0.1, 0.15) is 6.42 Å². The number of hydrogen-bond acceptors (Lipinski definition) is 5. The van der Waals surface area contributed by atoms with Gasteiger partial charge in [-0.3, -0.25) is 19.7 Å². The lowest BCUT2D eigenvalue weighted by Gasteiger charge is -2.06. The van der Waals surface area contributed by atoms with Gasteiger partial charge in [-0.15, -0.1) is 0 Å².